The smallest absolute Gasteiger partial charge is 0.256 e. The summed E-state index contributed by atoms with van der Waals surface area (Å²) in [5.41, 5.74) is 0.730. The van der Waals surface area contributed by atoms with E-state index in [9.17, 15) is 4.79 Å². The van der Waals surface area contributed by atoms with Gasteiger partial charge in [0, 0.05) is 12.2 Å². The lowest BCUT2D eigenvalue weighted by Crippen LogP contribution is -2.44. The molecule has 0 aliphatic carbocycles. The van der Waals surface area contributed by atoms with Crippen LogP contribution in [0.15, 0.2) is 12.3 Å². The monoisotopic (exact) mass is 336 g/mol. The summed E-state index contributed by atoms with van der Waals surface area (Å²) in [6, 6.07) is 1.88. The van der Waals surface area contributed by atoms with Gasteiger partial charge >= 0.3 is 0 Å². The summed E-state index contributed by atoms with van der Waals surface area (Å²) < 4.78 is 11.4. The normalized spacial score (nSPS) is 13.6. The highest BCUT2D eigenvalue weighted by Gasteiger charge is 2.34. The Morgan fingerprint density at radius 2 is 2.08 bits per heavy atom. The maximum Gasteiger partial charge on any atom is 0.256 e. The number of nitrogens with one attached hydrogen (secondary N) is 1. The summed E-state index contributed by atoms with van der Waals surface area (Å²) in [5, 5.41) is 2.93. The number of carbonyl (C=O) groups excluding carboxylic acids is 1. The van der Waals surface area contributed by atoms with Gasteiger partial charge in [0.15, 0.2) is 0 Å². The van der Waals surface area contributed by atoms with Crippen molar-refractivity contribution < 1.29 is 14.3 Å². The minimum Gasteiger partial charge on any atom is -0.477 e. The fourth-order valence-corrected chi connectivity index (χ4v) is 2.67. The SMILES string of the molecule is CCCCOc1ncc(NC(=O)[C@](C)(CC(C)C)OCC)cc1C. The van der Waals surface area contributed by atoms with Crippen LogP contribution < -0.4 is 10.1 Å². The van der Waals surface area contributed by atoms with Gasteiger partial charge in [-0.15, -0.1) is 0 Å². The molecule has 0 radical (unpaired) electrons. The van der Waals surface area contributed by atoms with Gasteiger partial charge in [0.2, 0.25) is 5.88 Å². The van der Waals surface area contributed by atoms with Gasteiger partial charge in [-0.1, -0.05) is 27.2 Å². The molecular formula is C19H32N2O3. The quantitative estimate of drug-likeness (QED) is 0.645. The lowest BCUT2D eigenvalue weighted by atomic mass is 9.93. The minimum absolute atomic E-state index is 0.140. The van der Waals surface area contributed by atoms with E-state index in [2.05, 4.69) is 31.1 Å². The second kappa shape index (κ2) is 9.62. The fourth-order valence-electron chi connectivity index (χ4n) is 2.67. The molecule has 1 N–H and O–H groups in total. The van der Waals surface area contributed by atoms with Crippen molar-refractivity contribution in [2.24, 2.45) is 5.92 Å². The molecule has 0 unspecified atom stereocenters. The highest BCUT2D eigenvalue weighted by molar-refractivity contribution is 5.97. The zero-order chi connectivity index (χ0) is 18.2. The van der Waals surface area contributed by atoms with Crippen LogP contribution >= 0.6 is 0 Å². The number of hydrogen-bond donors (Lipinski definition) is 1. The second-order valence-corrected chi connectivity index (χ2v) is 6.76. The Hall–Kier alpha value is -1.62. The fraction of sp³-hybridized carbons (Fsp3) is 0.684. The molecule has 5 nitrogen and oxygen atoms in total. The number of aromatic nitrogens is 1. The van der Waals surface area contributed by atoms with Gasteiger partial charge in [-0.25, -0.2) is 4.98 Å². The van der Waals surface area contributed by atoms with E-state index in [0.29, 0.717) is 37.1 Å². The van der Waals surface area contributed by atoms with Crippen LogP contribution in [0.3, 0.4) is 0 Å². The number of anilines is 1. The Morgan fingerprint density at radius 3 is 2.62 bits per heavy atom. The van der Waals surface area contributed by atoms with Gasteiger partial charge in [-0.05, 0) is 45.6 Å². The van der Waals surface area contributed by atoms with Crippen LogP contribution in [-0.2, 0) is 9.53 Å². The van der Waals surface area contributed by atoms with Gasteiger partial charge in [0.1, 0.15) is 5.60 Å². The number of nitrogens with zero attached hydrogens (tertiary/aromatic N) is 1. The van der Waals surface area contributed by atoms with Crippen molar-refractivity contribution in [2.45, 2.75) is 66.4 Å². The van der Waals surface area contributed by atoms with Crippen LogP contribution in [0.25, 0.3) is 0 Å². The maximum atomic E-state index is 12.7. The number of carbonyl (C=O) groups is 1. The highest BCUT2D eigenvalue weighted by atomic mass is 16.5. The molecule has 0 aliphatic rings. The number of rotatable bonds is 10. The molecule has 136 valence electrons. The molecule has 1 amide bonds. The van der Waals surface area contributed by atoms with Crippen molar-refractivity contribution in [3.8, 4) is 5.88 Å². The third-order valence-corrected chi connectivity index (χ3v) is 3.77. The molecule has 5 heteroatoms. The van der Waals surface area contributed by atoms with Gasteiger partial charge < -0.3 is 14.8 Å². The van der Waals surface area contributed by atoms with E-state index >= 15 is 0 Å². The summed E-state index contributed by atoms with van der Waals surface area (Å²) >= 11 is 0. The van der Waals surface area contributed by atoms with Crippen molar-refractivity contribution >= 4 is 11.6 Å². The van der Waals surface area contributed by atoms with Crippen molar-refractivity contribution in [3.05, 3.63) is 17.8 Å². The highest BCUT2D eigenvalue weighted by Crippen LogP contribution is 2.25. The van der Waals surface area contributed by atoms with Crippen molar-refractivity contribution in [2.75, 3.05) is 18.5 Å². The summed E-state index contributed by atoms with van der Waals surface area (Å²) in [7, 11) is 0. The molecule has 0 fully saturated rings. The molecule has 0 aliphatic heterocycles. The Balaban J connectivity index is 2.79. The minimum atomic E-state index is -0.840. The van der Waals surface area contributed by atoms with Gasteiger partial charge in [-0.2, -0.15) is 0 Å². The first-order valence-electron chi connectivity index (χ1n) is 8.87. The third kappa shape index (κ3) is 6.11. The molecule has 0 saturated carbocycles. The lowest BCUT2D eigenvalue weighted by molar-refractivity contribution is -0.140. The first-order valence-corrected chi connectivity index (χ1v) is 8.87. The molecule has 0 aromatic carbocycles. The average Bonchev–Trinajstić information content (AvgIpc) is 2.49. The average molecular weight is 336 g/mol. The van der Waals surface area contributed by atoms with Crippen LogP contribution in [0.1, 0.15) is 59.4 Å². The number of unbranched alkanes of at least 4 members (excludes halogenated alkanes) is 1. The van der Waals surface area contributed by atoms with Crippen LogP contribution in [0.2, 0.25) is 0 Å². The molecule has 0 bridgehead atoms. The van der Waals surface area contributed by atoms with Crippen LogP contribution in [0.5, 0.6) is 5.88 Å². The van der Waals surface area contributed by atoms with Gasteiger partial charge in [0.25, 0.3) is 5.91 Å². The molecule has 24 heavy (non-hydrogen) atoms. The van der Waals surface area contributed by atoms with Crippen LogP contribution in [0.4, 0.5) is 5.69 Å². The zero-order valence-corrected chi connectivity index (χ0v) is 15.9. The first kappa shape index (κ1) is 20.4. The van der Waals surface area contributed by atoms with E-state index in [4.69, 9.17) is 9.47 Å². The molecule has 1 aromatic heterocycles. The molecule has 0 saturated heterocycles. The zero-order valence-electron chi connectivity index (χ0n) is 15.9. The topological polar surface area (TPSA) is 60.5 Å². The van der Waals surface area contributed by atoms with E-state index in [1.165, 1.54) is 0 Å². The number of ether oxygens (including phenoxy) is 2. The number of aryl methyl sites for hydroxylation is 1. The Bertz CT molecular complexity index is 531. The van der Waals surface area contributed by atoms with Crippen molar-refractivity contribution in [3.63, 3.8) is 0 Å². The lowest BCUT2D eigenvalue weighted by Gasteiger charge is -2.29. The predicted octanol–water partition coefficient (Wildman–Crippen LogP) is 4.35. The molecule has 1 heterocycles. The van der Waals surface area contributed by atoms with Crippen LogP contribution in [0, 0.1) is 12.8 Å². The number of amides is 1. The second-order valence-electron chi connectivity index (χ2n) is 6.76. The molecule has 1 rings (SSSR count). The van der Waals surface area contributed by atoms with Gasteiger partial charge in [-0.3, -0.25) is 4.79 Å². The molecule has 1 atom stereocenters. The summed E-state index contributed by atoms with van der Waals surface area (Å²) in [5.74, 6) is 0.844. The molecular weight excluding hydrogens is 304 g/mol. The third-order valence-electron chi connectivity index (χ3n) is 3.77. The van der Waals surface area contributed by atoms with E-state index in [1.807, 2.05) is 26.8 Å². The summed E-state index contributed by atoms with van der Waals surface area (Å²) in [6.07, 6.45) is 4.38. The summed E-state index contributed by atoms with van der Waals surface area (Å²) in [4.78, 5) is 17.0. The Labute approximate surface area is 146 Å². The largest absolute Gasteiger partial charge is 0.477 e. The first-order chi connectivity index (χ1) is 11.3. The number of pyridine rings is 1. The van der Waals surface area contributed by atoms with Crippen molar-refractivity contribution in [1.29, 1.82) is 0 Å². The summed E-state index contributed by atoms with van der Waals surface area (Å²) in [6.45, 7) is 13.1. The Morgan fingerprint density at radius 1 is 1.38 bits per heavy atom. The number of hydrogen-bond acceptors (Lipinski definition) is 4. The van der Waals surface area contributed by atoms with E-state index in [0.717, 1.165) is 18.4 Å². The molecule has 1 aromatic rings. The van der Waals surface area contributed by atoms with E-state index in [1.54, 1.807) is 6.20 Å². The van der Waals surface area contributed by atoms with Crippen molar-refractivity contribution in [1.82, 2.24) is 4.98 Å². The van der Waals surface area contributed by atoms with Crippen LogP contribution in [-0.4, -0.2) is 29.7 Å². The maximum absolute atomic E-state index is 12.7. The van der Waals surface area contributed by atoms with E-state index in [-0.39, 0.29) is 5.91 Å². The van der Waals surface area contributed by atoms with E-state index < -0.39 is 5.60 Å². The molecule has 0 spiro atoms. The standard InChI is InChI=1S/C19H32N2O3/c1-7-9-10-23-17-15(5)11-16(13-20-17)21-18(22)19(6,24-8-2)12-14(3)4/h11,13-14H,7-10,12H2,1-6H3,(H,21,22)/t19-/m0/s1. The Kier molecular flexibility index (Phi) is 8.19. The van der Waals surface area contributed by atoms with Gasteiger partial charge in [0.05, 0.1) is 18.5 Å². The predicted molar refractivity (Wildman–Crippen MR) is 97.5 cm³/mol.